The molecule has 24 heavy (non-hydrogen) atoms. The fourth-order valence-corrected chi connectivity index (χ4v) is 2.91. The number of amides is 1. The van der Waals surface area contributed by atoms with E-state index < -0.39 is 0 Å². The summed E-state index contributed by atoms with van der Waals surface area (Å²) in [4.78, 5) is 14.1. The SMILES string of the molecule is O=C(CCCOc1ccc(Cl)cc1Cl)NCCCN1CCOCC1. The van der Waals surface area contributed by atoms with Gasteiger partial charge in [-0.15, -0.1) is 0 Å². The molecule has 1 aromatic carbocycles. The zero-order valence-corrected chi connectivity index (χ0v) is 15.2. The molecule has 1 N–H and O–H groups in total. The van der Waals surface area contributed by atoms with Crippen LogP contribution in [-0.2, 0) is 9.53 Å². The summed E-state index contributed by atoms with van der Waals surface area (Å²) in [5.74, 6) is 0.648. The molecule has 0 aliphatic carbocycles. The Labute approximate surface area is 153 Å². The lowest BCUT2D eigenvalue weighted by atomic mass is 10.3. The summed E-state index contributed by atoms with van der Waals surface area (Å²) in [6.45, 7) is 5.75. The summed E-state index contributed by atoms with van der Waals surface area (Å²) in [7, 11) is 0. The predicted octanol–water partition coefficient (Wildman–Crippen LogP) is 2.99. The number of nitrogens with one attached hydrogen (secondary N) is 1. The van der Waals surface area contributed by atoms with Crippen molar-refractivity contribution in [2.75, 3.05) is 46.0 Å². The van der Waals surface area contributed by atoms with Crippen molar-refractivity contribution in [2.45, 2.75) is 19.3 Å². The molecule has 0 bridgehead atoms. The van der Waals surface area contributed by atoms with Crippen LogP contribution < -0.4 is 10.1 Å². The Morgan fingerprint density at radius 1 is 1.25 bits per heavy atom. The van der Waals surface area contributed by atoms with E-state index >= 15 is 0 Å². The van der Waals surface area contributed by atoms with E-state index in [-0.39, 0.29) is 5.91 Å². The van der Waals surface area contributed by atoms with Gasteiger partial charge in [0.2, 0.25) is 5.91 Å². The van der Waals surface area contributed by atoms with Crippen molar-refractivity contribution >= 4 is 29.1 Å². The second-order valence-electron chi connectivity index (χ2n) is 5.68. The van der Waals surface area contributed by atoms with Crippen LogP contribution in [0.4, 0.5) is 0 Å². The summed E-state index contributed by atoms with van der Waals surface area (Å²) in [5, 5.41) is 4.00. The fourth-order valence-electron chi connectivity index (χ4n) is 2.45. The van der Waals surface area contributed by atoms with Gasteiger partial charge in [0.25, 0.3) is 0 Å². The second kappa shape index (κ2) is 10.8. The van der Waals surface area contributed by atoms with Crippen molar-refractivity contribution in [1.82, 2.24) is 10.2 Å². The van der Waals surface area contributed by atoms with Crippen molar-refractivity contribution in [3.05, 3.63) is 28.2 Å². The van der Waals surface area contributed by atoms with Gasteiger partial charge < -0.3 is 14.8 Å². The third kappa shape index (κ3) is 7.26. The molecule has 1 aromatic rings. The van der Waals surface area contributed by atoms with Gasteiger partial charge in [0.1, 0.15) is 5.75 Å². The van der Waals surface area contributed by atoms with Crippen LogP contribution in [-0.4, -0.2) is 56.8 Å². The first kappa shape index (κ1) is 19.3. The Bertz CT molecular complexity index is 523. The molecule has 134 valence electrons. The minimum Gasteiger partial charge on any atom is -0.492 e. The molecule has 1 saturated heterocycles. The molecule has 1 heterocycles. The van der Waals surface area contributed by atoms with Crippen LogP contribution in [0.25, 0.3) is 0 Å². The lowest BCUT2D eigenvalue weighted by Gasteiger charge is -2.26. The van der Waals surface area contributed by atoms with Gasteiger partial charge in [-0.25, -0.2) is 0 Å². The molecular weight excluding hydrogens is 351 g/mol. The highest BCUT2D eigenvalue weighted by Gasteiger charge is 2.09. The average Bonchev–Trinajstić information content (AvgIpc) is 2.58. The predicted molar refractivity (Wildman–Crippen MR) is 96.1 cm³/mol. The quantitative estimate of drug-likeness (QED) is 0.675. The Morgan fingerprint density at radius 2 is 2.04 bits per heavy atom. The summed E-state index contributed by atoms with van der Waals surface area (Å²) in [6.07, 6.45) is 2.06. The van der Waals surface area contributed by atoms with E-state index in [1.54, 1.807) is 18.2 Å². The van der Waals surface area contributed by atoms with Crippen LogP contribution in [0, 0.1) is 0 Å². The Balaban J connectivity index is 1.50. The first-order valence-electron chi connectivity index (χ1n) is 8.30. The maximum absolute atomic E-state index is 11.8. The summed E-state index contributed by atoms with van der Waals surface area (Å²) < 4.78 is 10.9. The van der Waals surface area contributed by atoms with Gasteiger partial charge in [-0.3, -0.25) is 9.69 Å². The average molecular weight is 375 g/mol. The minimum atomic E-state index is 0.0581. The van der Waals surface area contributed by atoms with Gasteiger partial charge in [0, 0.05) is 31.1 Å². The summed E-state index contributed by atoms with van der Waals surface area (Å²) in [6, 6.07) is 5.10. The van der Waals surface area contributed by atoms with Crippen LogP contribution in [0.15, 0.2) is 18.2 Å². The van der Waals surface area contributed by atoms with Gasteiger partial charge in [0.05, 0.1) is 24.8 Å². The number of ether oxygens (including phenoxy) is 2. The van der Waals surface area contributed by atoms with Gasteiger partial charge in [0.15, 0.2) is 0 Å². The van der Waals surface area contributed by atoms with Crippen molar-refractivity contribution in [2.24, 2.45) is 0 Å². The zero-order chi connectivity index (χ0) is 17.2. The van der Waals surface area contributed by atoms with Crippen LogP contribution in [0.3, 0.4) is 0 Å². The van der Waals surface area contributed by atoms with E-state index in [1.165, 1.54) is 0 Å². The van der Waals surface area contributed by atoms with E-state index in [2.05, 4.69) is 10.2 Å². The molecule has 1 amide bonds. The smallest absolute Gasteiger partial charge is 0.220 e. The topological polar surface area (TPSA) is 50.8 Å². The van der Waals surface area contributed by atoms with Gasteiger partial charge >= 0.3 is 0 Å². The molecule has 0 atom stereocenters. The monoisotopic (exact) mass is 374 g/mol. The third-order valence-corrected chi connectivity index (χ3v) is 4.31. The van der Waals surface area contributed by atoms with Gasteiger partial charge in [-0.2, -0.15) is 0 Å². The molecule has 5 nitrogen and oxygen atoms in total. The number of nitrogens with zero attached hydrogens (tertiary/aromatic N) is 1. The van der Waals surface area contributed by atoms with Gasteiger partial charge in [-0.1, -0.05) is 23.2 Å². The van der Waals surface area contributed by atoms with E-state index in [9.17, 15) is 4.79 Å². The van der Waals surface area contributed by atoms with E-state index in [0.29, 0.717) is 41.8 Å². The molecule has 2 rings (SSSR count). The highest BCUT2D eigenvalue weighted by Crippen LogP contribution is 2.27. The molecule has 0 spiro atoms. The maximum atomic E-state index is 11.8. The van der Waals surface area contributed by atoms with Crippen molar-refractivity contribution < 1.29 is 14.3 Å². The number of hydrogen-bond donors (Lipinski definition) is 1. The third-order valence-electron chi connectivity index (χ3n) is 3.78. The second-order valence-corrected chi connectivity index (χ2v) is 6.53. The molecule has 0 unspecified atom stereocenters. The van der Waals surface area contributed by atoms with E-state index in [0.717, 1.165) is 39.3 Å². The number of carbonyl (C=O) groups excluding carboxylic acids is 1. The van der Waals surface area contributed by atoms with Crippen molar-refractivity contribution in [3.63, 3.8) is 0 Å². The normalized spacial score (nSPS) is 15.2. The standard InChI is InChI=1S/C17H24Cl2N2O3/c18-14-4-5-16(15(19)13-14)24-10-1-3-17(22)20-6-2-7-21-8-11-23-12-9-21/h4-5,13H,1-3,6-12H2,(H,20,22). The molecular formula is C17H24Cl2N2O3. The molecule has 0 saturated carbocycles. The molecule has 1 fully saturated rings. The maximum Gasteiger partial charge on any atom is 0.220 e. The first-order chi connectivity index (χ1) is 11.6. The highest BCUT2D eigenvalue weighted by atomic mass is 35.5. The van der Waals surface area contributed by atoms with E-state index in [4.69, 9.17) is 32.7 Å². The number of benzene rings is 1. The van der Waals surface area contributed by atoms with Crippen molar-refractivity contribution in [1.29, 1.82) is 0 Å². The number of rotatable bonds is 9. The molecule has 1 aliphatic rings. The van der Waals surface area contributed by atoms with E-state index in [1.807, 2.05) is 0 Å². The first-order valence-corrected chi connectivity index (χ1v) is 9.05. The van der Waals surface area contributed by atoms with Crippen LogP contribution in [0.2, 0.25) is 10.0 Å². The number of hydrogen-bond acceptors (Lipinski definition) is 4. The summed E-state index contributed by atoms with van der Waals surface area (Å²) >= 11 is 11.8. The number of carbonyl (C=O) groups is 1. The largest absolute Gasteiger partial charge is 0.492 e. The van der Waals surface area contributed by atoms with Gasteiger partial charge in [-0.05, 0) is 37.6 Å². The van der Waals surface area contributed by atoms with Crippen LogP contribution >= 0.6 is 23.2 Å². The molecule has 0 aromatic heterocycles. The molecule has 0 radical (unpaired) electrons. The lowest BCUT2D eigenvalue weighted by Crippen LogP contribution is -2.38. The fraction of sp³-hybridized carbons (Fsp3) is 0.588. The molecule has 1 aliphatic heterocycles. The number of morpholine rings is 1. The Kier molecular flexibility index (Phi) is 8.67. The lowest BCUT2D eigenvalue weighted by molar-refractivity contribution is -0.121. The summed E-state index contributed by atoms with van der Waals surface area (Å²) in [5.41, 5.74) is 0. The van der Waals surface area contributed by atoms with Crippen LogP contribution in [0.1, 0.15) is 19.3 Å². The number of halogens is 2. The van der Waals surface area contributed by atoms with Crippen LogP contribution in [0.5, 0.6) is 5.75 Å². The Hall–Kier alpha value is -1.01. The minimum absolute atomic E-state index is 0.0581. The Morgan fingerprint density at radius 3 is 2.79 bits per heavy atom. The van der Waals surface area contributed by atoms with Crippen molar-refractivity contribution in [3.8, 4) is 5.75 Å². The highest BCUT2D eigenvalue weighted by molar-refractivity contribution is 6.35. The zero-order valence-electron chi connectivity index (χ0n) is 13.7. The molecule has 7 heteroatoms.